The number of methoxy groups -OCH3 is 1. The summed E-state index contributed by atoms with van der Waals surface area (Å²) in [7, 11) is 1.57. The van der Waals surface area contributed by atoms with E-state index in [-0.39, 0.29) is 17.7 Å². The first-order chi connectivity index (χ1) is 13.1. The molecule has 0 bridgehead atoms. The normalized spacial score (nSPS) is 15.9. The first kappa shape index (κ1) is 18.3. The molecule has 1 aromatic carbocycles. The molecule has 2 N–H and O–H groups in total. The Kier molecular flexibility index (Phi) is 5.56. The highest BCUT2D eigenvalue weighted by Crippen LogP contribution is 2.29. The quantitative estimate of drug-likeness (QED) is 0.797. The zero-order valence-electron chi connectivity index (χ0n) is 14.8. The Hall–Kier alpha value is -3.54. The van der Waals surface area contributed by atoms with E-state index < -0.39 is 6.09 Å². The van der Waals surface area contributed by atoms with Gasteiger partial charge in [0.15, 0.2) is 0 Å². The summed E-state index contributed by atoms with van der Waals surface area (Å²) in [6.45, 7) is 0.932. The number of carbonyl (C=O) groups is 1. The minimum atomic E-state index is -0.926. The maximum Gasteiger partial charge on any atom is 0.407 e. The van der Waals surface area contributed by atoms with E-state index in [0.717, 1.165) is 12.8 Å². The number of benzene rings is 1. The van der Waals surface area contributed by atoms with Crippen LogP contribution in [0.5, 0.6) is 17.4 Å². The van der Waals surface area contributed by atoms with Crippen LogP contribution >= 0.6 is 0 Å². The van der Waals surface area contributed by atoms with Gasteiger partial charge < -0.3 is 24.8 Å². The number of likely N-dealkylation sites (tertiary alicyclic amines) is 1. The fourth-order valence-electron chi connectivity index (χ4n) is 2.90. The van der Waals surface area contributed by atoms with E-state index in [9.17, 15) is 9.90 Å². The Labute approximate surface area is 156 Å². The second kappa shape index (κ2) is 8.23. The van der Waals surface area contributed by atoms with Crippen molar-refractivity contribution in [3.05, 3.63) is 36.3 Å². The van der Waals surface area contributed by atoms with Crippen LogP contribution in [0.25, 0.3) is 0 Å². The van der Waals surface area contributed by atoms with Crippen LogP contribution < -0.4 is 14.8 Å². The molecule has 1 atom stereocenters. The van der Waals surface area contributed by atoms with Gasteiger partial charge in [0, 0.05) is 13.1 Å². The van der Waals surface area contributed by atoms with E-state index >= 15 is 0 Å². The van der Waals surface area contributed by atoms with Crippen molar-refractivity contribution in [3.8, 4) is 23.4 Å². The lowest BCUT2D eigenvalue weighted by Crippen LogP contribution is -2.38. The molecule has 1 unspecified atom stereocenters. The lowest BCUT2D eigenvalue weighted by Gasteiger charge is -2.22. The van der Waals surface area contributed by atoms with Gasteiger partial charge in [-0.15, -0.1) is 0 Å². The number of anilines is 1. The van der Waals surface area contributed by atoms with E-state index in [1.807, 2.05) is 6.07 Å². The molecule has 0 radical (unpaired) electrons. The molecular formula is C18H19N5O4. The predicted octanol–water partition coefficient (Wildman–Crippen LogP) is 2.70. The number of aromatic nitrogens is 2. The summed E-state index contributed by atoms with van der Waals surface area (Å²) in [6.07, 6.45) is 2.15. The minimum absolute atomic E-state index is 0.0166. The van der Waals surface area contributed by atoms with Crippen molar-refractivity contribution in [1.29, 1.82) is 5.26 Å². The number of ether oxygens (including phenoxy) is 2. The van der Waals surface area contributed by atoms with Crippen molar-refractivity contribution in [2.75, 3.05) is 25.5 Å². The Morgan fingerprint density at radius 3 is 2.81 bits per heavy atom. The third-order valence-electron chi connectivity index (χ3n) is 4.28. The van der Waals surface area contributed by atoms with Crippen LogP contribution in [0.2, 0.25) is 0 Å². The summed E-state index contributed by atoms with van der Waals surface area (Å²) in [5.74, 6) is 1.40. The SMILES string of the molecule is COc1ccc(Oc2nc(C#N)ncc2NCC2CCCN2C(=O)O)cc1. The number of hydrogen-bond donors (Lipinski definition) is 2. The molecule has 3 rings (SSSR count). The summed E-state index contributed by atoms with van der Waals surface area (Å²) in [6, 6.07) is 8.69. The number of nitrogens with one attached hydrogen (secondary N) is 1. The highest BCUT2D eigenvalue weighted by atomic mass is 16.5. The van der Waals surface area contributed by atoms with Crippen molar-refractivity contribution in [3.63, 3.8) is 0 Å². The third-order valence-corrected chi connectivity index (χ3v) is 4.28. The van der Waals surface area contributed by atoms with Crippen LogP contribution in [-0.4, -0.2) is 52.3 Å². The van der Waals surface area contributed by atoms with Gasteiger partial charge in [0.2, 0.25) is 11.7 Å². The molecule has 140 valence electrons. The van der Waals surface area contributed by atoms with E-state index in [1.165, 1.54) is 11.1 Å². The Balaban J connectivity index is 1.76. The first-order valence-electron chi connectivity index (χ1n) is 8.43. The molecule has 2 heterocycles. The van der Waals surface area contributed by atoms with Crippen LogP contribution in [0.1, 0.15) is 18.7 Å². The zero-order valence-corrected chi connectivity index (χ0v) is 14.8. The Bertz CT molecular complexity index is 850. The van der Waals surface area contributed by atoms with Gasteiger partial charge in [-0.1, -0.05) is 0 Å². The highest BCUT2D eigenvalue weighted by Gasteiger charge is 2.28. The van der Waals surface area contributed by atoms with Crippen LogP contribution in [0.4, 0.5) is 10.5 Å². The molecule has 9 nitrogen and oxygen atoms in total. The highest BCUT2D eigenvalue weighted by molar-refractivity contribution is 5.66. The number of hydrogen-bond acceptors (Lipinski definition) is 7. The van der Waals surface area contributed by atoms with Crippen LogP contribution in [-0.2, 0) is 0 Å². The summed E-state index contributed by atoms with van der Waals surface area (Å²) >= 11 is 0. The van der Waals surface area contributed by atoms with Gasteiger partial charge in [-0.3, -0.25) is 0 Å². The Morgan fingerprint density at radius 2 is 2.15 bits per heavy atom. The van der Waals surface area contributed by atoms with Gasteiger partial charge in [-0.25, -0.2) is 9.78 Å². The second-order valence-electron chi connectivity index (χ2n) is 5.95. The fraction of sp³-hybridized carbons (Fsp3) is 0.333. The number of carboxylic acid groups (broad SMARTS) is 1. The maximum atomic E-state index is 11.3. The molecule has 2 aromatic rings. The van der Waals surface area contributed by atoms with Crippen molar-refractivity contribution in [2.45, 2.75) is 18.9 Å². The standard InChI is InChI=1S/C18H19N5O4/c1-26-13-4-6-14(7-5-13)27-17-15(11-21-16(9-19)22-17)20-10-12-3-2-8-23(12)18(24)25/h4-7,11-12,20H,2-3,8,10H2,1H3,(H,24,25). The lowest BCUT2D eigenvalue weighted by molar-refractivity contribution is 0.142. The summed E-state index contributed by atoms with van der Waals surface area (Å²) in [4.78, 5) is 20.8. The average Bonchev–Trinajstić information content (AvgIpc) is 3.16. The number of rotatable bonds is 6. The smallest absolute Gasteiger partial charge is 0.407 e. The molecule has 0 aliphatic carbocycles. The molecule has 1 aromatic heterocycles. The number of nitriles is 1. The average molecular weight is 369 g/mol. The Morgan fingerprint density at radius 1 is 1.41 bits per heavy atom. The van der Waals surface area contributed by atoms with Gasteiger partial charge in [0.05, 0.1) is 19.3 Å². The van der Waals surface area contributed by atoms with Gasteiger partial charge in [0.25, 0.3) is 0 Å². The third kappa shape index (κ3) is 4.36. The van der Waals surface area contributed by atoms with Crippen molar-refractivity contribution >= 4 is 11.8 Å². The molecule has 1 fully saturated rings. The molecule has 1 amide bonds. The van der Waals surface area contributed by atoms with Crippen molar-refractivity contribution in [2.24, 2.45) is 0 Å². The van der Waals surface area contributed by atoms with Crippen LogP contribution in [0, 0.1) is 11.3 Å². The van der Waals surface area contributed by atoms with E-state index in [2.05, 4.69) is 15.3 Å². The molecular weight excluding hydrogens is 350 g/mol. The van der Waals surface area contributed by atoms with Crippen LogP contribution in [0.15, 0.2) is 30.5 Å². The molecule has 0 spiro atoms. The van der Waals surface area contributed by atoms with Gasteiger partial charge in [-0.2, -0.15) is 10.2 Å². The predicted molar refractivity (Wildman–Crippen MR) is 96.1 cm³/mol. The lowest BCUT2D eigenvalue weighted by atomic mass is 10.2. The molecule has 27 heavy (non-hydrogen) atoms. The first-order valence-corrected chi connectivity index (χ1v) is 8.43. The summed E-state index contributed by atoms with van der Waals surface area (Å²) in [5.41, 5.74) is 0.488. The zero-order chi connectivity index (χ0) is 19.2. The van der Waals surface area contributed by atoms with Crippen LogP contribution in [0.3, 0.4) is 0 Å². The van der Waals surface area contributed by atoms with Crippen molar-refractivity contribution in [1.82, 2.24) is 14.9 Å². The fourth-order valence-corrected chi connectivity index (χ4v) is 2.90. The summed E-state index contributed by atoms with van der Waals surface area (Å²) < 4.78 is 10.9. The largest absolute Gasteiger partial charge is 0.497 e. The molecule has 1 aliphatic heterocycles. The van der Waals surface area contributed by atoms with Gasteiger partial charge in [0.1, 0.15) is 23.3 Å². The van der Waals surface area contributed by atoms with Gasteiger partial charge in [-0.05, 0) is 37.1 Å². The monoisotopic (exact) mass is 369 g/mol. The molecule has 1 saturated heterocycles. The van der Waals surface area contributed by atoms with E-state index in [0.29, 0.717) is 30.3 Å². The summed E-state index contributed by atoms with van der Waals surface area (Å²) in [5, 5.41) is 21.4. The molecule has 0 saturated carbocycles. The van der Waals surface area contributed by atoms with Gasteiger partial charge >= 0.3 is 6.09 Å². The van der Waals surface area contributed by atoms with Crippen molar-refractivity contribution < 1.29 is 19.4 Å². The number of amides is 1. The second-order valence-corrected chi connectivity index (χ2v) is 5.95. The van der Waals surface area contributed by atoms with E-state index in [4.69, 9.17) is 14.7 Å². The molecule has 1 aliphatic rings. The minimum Gasteiger partial charge on any atom is -0.497 e. The number of nitrogens with zero attached hydrogens (tertiary/aromatic N) is 4. The molecule has 9 heteroatoms. The van der Waals surface area contributed by atoms with E-state index in [1.54, 1.807) is 31.4 Å². The topological polar surface area (TPSA) is 121 Å². The maximum absolute atomic E-state index is 11.3.